The Hall–Kier alpha value is -1.79. The van der Waals surface area contributed by atoms with Gasteiger partial charge in [0.2, 0.25) is 0 Å². The number of rotatable bonds is 6. The molecule has 0 aliphatic carbocycles. The molecule has 0 radical (unpaired) electrons. The molecule has 0 heterocycles. The van der Waals surface area contributed by atoms with Crippen molar-refractivity contribution in [1.29, 1.82) is 0 Å². The lowest BCUT2D eigenvalue weighted by Gasteiger charge is -2.23. The van der Waals surface area contributed by atoms with Crippen molar-refractivity contribution < 1.29 is 13.9 Å². The number of hydrogen-bond donors (Lipinski definition) is 1. The van der Waals surface area contributed by atoms with E-state index in [-0.39, 0.29) is 24.3 Å². The molecule has 2 rings (SSSR count). The smallest absolute Gasteiger partial charge is 0.322 e. The summed E-state index contributed by atoms with van der Waals surface area (Å²) < 4.78 is 19.2. The van der Waals surface area contributed by atoms with Crippen LogP contribution in [0.2, 0.25) is 0 Å². The van der Waals surface area contributed by atoms with Gasteiger partial charge in [-0.1, -0.05) is 26.0 Å². The van der Waals surface area contributed by atoms with E-state index in [2.05, 4.69) is 21.2 Å². The van der Waals surface area contributed by atoms with Crippen molar-refractivity contribution in [3.05, 3.63) is 58.3 Å². The van der Waals surface area contributed by atoms with E-state index in [0.29, 0.717) is 23.5 Å². The zero-order chi connectivity index (χ0) is 19.5. The highest BCUT2D eigenvalue weighted by Gasteiger charge is 2.16. The monoisotopic (exact) mass is 444 g/mol. The van der Waals surface area contributed by atoms with Crippen LogP contribution in [0.3, 0.4) is 0 Å². The van der Waals surface area contributed by atoms with Crippen molar-refractivity contribution in [2.24, 2.45) is 0 Å². The third-order valence-corrected chi connectivity index (χ3v) is 4.16. The van der Waals surface area contributed by atoms with Gasteiger partial charge in [0.05, 0.1) is 11.6 Å². The molecule has 2 amide bonds. The summed E-state index contributed by atoms with van der Waals surface area (Å²) in [5, 5.41) is 2.77. The van der Waals surface area contributed by atoms with Gasteiger partial charge < -0.3 is 10.1 Å². The number of carbonyl (C=O) groups excluding carboxylic acids is 1. The van der Waals surface area contributed by atoms with Gasteiger partial charge in [0.1, 0.15) is 11.6 Å². The minimum absolute atomic E-state index is 0.225. The second-order valence-corrected chi connectivity index (χ2v) is 6.18. The number of anilines is 1. The summed E-state index contributed by atoms with van der Waals surface area (Å²) in [5.41, 5.74) is 1.34. The van der Waals surface area contributed by atoms with Crippen LogP contribution in [-0.4, -0.2) is 25.6 Å². The van der Waals surface area contributed by atoms with Crippen LogP contribution in [0, 0.1) is 5.82 Å². The molecule has 0 aliphatic rings. The van der Waals surface area contributed by atoms with Crippen LogP contribution in [0.1, 0.15) is 19.4 Å². The molecular formula is C19H23BrClFN2O2. The van der Waals surface area contributed by atoms with E-state index in [1.165, 1.54) is 17.0 Å². The summed E-state index contributed by atoms with van der Waals surface area (Å²) in [4.78, 5) is 14.0. The Kier molecular flexibility index (Phi) is 10.1. The molecule has 0 unspecified atom stereocenters. The Morgan fingerprint density at radius 2 is 2.00 bits per heavy atom. The Balaban J connectivity index is 0.00000163. The van der Waals surface area contributed by atoms with Crippen molar-refractivity contribution in [2.75, 3.05) is 24.4 Å². The van der Waals surface area contributed by atoms with Crippen molar-refractivity contribution >= 4 is 39.2 Å². The number of alkyl halides is 1. The van der Waals surface area contributed by atoms with E-state index >= 15 is 0 Å². The molecule has 142 valence electrons. The van der Waals surface area contributed by atoms with E-state index in [1.54, 1.807) is 37.4 Å². The molecule has 0 saturated heterocycles. The number of urea groups is 1. The normalized spacial score (nSPS) is 9.77. The molecule has 7 heteroatoms. The Labute approximate surface area is 167 Å². The number of hydrogen-bond acceptors (Lipinski definition) is 2. The molecule has 2 aromatic rings. The largest absolute Gasteiger partial charge is 0.495 e. The molecule has 0 saturated carbocycles. The van der Waals surface area contributed by atoms with Gasteiger partial charge in [-0.3, -0.25) is 4.90 Å². The highest BCUT2D eigenvalue weighted by molar-refractivity contribution is 9.10. The summed E-state index contributed by atoms with van der Waals surface area (Å²) in [5.74, 6) is 0.563. The first-order valence-electron chi connectivity index (χ1n) is 8.24. The molecule has 26 heavy (non-hydrogen) atoms. The summed E-state index contributed by atoms with van der Waals surface area (Å²) in [7, 11) is 1.56. The van der Waals surface area contributed by atoms with Gasteiger partial charge in [-0.15, -0.1) is 11.6 Å². The zero-order valence-corrected chi connectivity index (χ0v) is 17.4. The number of nitrogens with one attached hydrogen (secondary N) is 1. The molecule has 0 aliphatic heterocycles. The number of benzene rings is 2. The average Bonchev–Trinajstić information content (AvgIpc) is 2.66. The zero-order valence-electron chi connectivity index (χ0n) is 15.1. The first kappa shape index (κ1) is 22.3. The number of nitrogens with zero attached hydrogens (tertiary/aromatic N) is 1. The van der Waals surface area contributed by atoms with Gasteiger partial charge in [-0.05, 0) is 45.8 Å². The van der Waals surface area contributed by atoms with Crippen molar-refractivity contribution in [2.45, 2.75) is 20.4 Å². The van der Waals surface area contributed by atoms with Crippen molar-refractivity contribution in [1.82, 2.24) is 5.32 Å². The predicted octanol–water partition coefficient (Wildman–Crippen LogP) is 5.58. The molecular weight excluding hydrogens is 423 g/mol. The number of amides is 2. The van der Waals surface area contributed by atoms with Crippen LogP contribution in [0.25, 0.3) is 0 Å². The Morgan fingerprint density at radius 3 is 2.62 bits per heavy atom. The summed E-state index contributed by atoms with van der Waals surface area (Å²) >= 11 is 9.20. The van der Waals surface area contributed by atoms with E-state index in [0.717, 1.165) is 4.47 Å². The molecule has 0 aromatic heterocycles. The number of ether oxygens (including phenoxy) is 1. The minimum atomic E-state index is -0.336. The lowest BCUT2D eigenvalue weighted by molar-refractivity contribution is 0.246. The molecule has 0 fully saturated rings. The van der Waals surface area contributed by atoms with Gasteiger partial charge in [0.25, 0.3) is 0 Å². The number of methoxy groups -OCH3 is 1. The lowest BCUT2D eigenvalue weighted by Crippen LogP contribution is -2.41. The van der Waals surface area contributed by atoms with E-state index in [1.807, 2.05) is 13.8 Å². The van der Waals surface area contributed by atoms with Crippen LogP contribution in [0.15, 0.2) is 46.9 Å². The van der Waals surface area contributed by atoms with Gasteiger partial charge >= 0.3 is 6.03 Å². The topological polar surface area (TPSA) is 41.6 Å². The predicted molar refractivity (Wildman–Crippen MR) is 109 cm³/mol. The second-order valence-electron chi connectivity index (χ2n) is 4.95. The third kappa shape index (κ3) is 6.50. The van der Waals surface area contributed by atoms with Gasteiger partial charge in [0, 0.05) is 30.7 Å². The summed E-state index contributed by atoms with van der Waals surface area (Å²) in [6.45, 7) is 4.56. The maximum absolute atomic E-state index is 13.2. The second kappa shape index (κ2) is 11.8. The lowest BCUT2D eigenvalue weighted by atomic mass is 10.2. The molecule has 0 bridgehead atoms. The minimum Gasteiger partial charge on any atom is -0.495 e. The highest BCUT2D eigenvalue weighted by atomic mass is 79.9. The molecule has 0 spiro atoms. The standard InChI is InChI=1S/C17H17BrClFN2O2.C2H6/c1-24-16-10-14(5-6-15(16)18)22(8-7-19)17(23)21-11-12-3-2-4-13(20)9-12;1-2/h2-6,9-10H,7-8,11H2,1H3,(H,21,23);1-2H3. The fourth-order valence-electron chi connectivity index (χ4n) is 2.17. The van der Waals surface area contributed by atoms with Crippen LogP contribution < -0.4 is 15.0 Å². The molecule has 1 N–H and O–H groups in total. The van der Waals surface area contributed by atoms with Gasteiger partial charge in [-0.25, -0.2) is 9.18 Å². The van der Waals surface area contributed by atoms with E-state index in [9.17, 15) is 9.18 Å². The van der Waals surface area contributed by atoms with Crippen molar-refractivity contribution in [3.63, 3.8) is 0 Å². The maximum Gasteiger partial charge on any atom is 0.322 e. The SMILES string of the molecule is CC.COc1cc(N(CCCl)C(=O)NCc2cccc(F)c2)ccc1Br. The number of halogens is 3. The van der Waals surface area contributed by atoms with Crippen LogP contribution >= 0.6 is 27.5 Å². The summed E-state index contributed by atoms with van der Waals surface area (Å²) in [6.07, 6.45) is 0. The molecule has 2 aromatic carbocycles. The van der Waals surface area contributed by atoms with Crippen LogP contribution in [0.5, 0.6) is 5.75 Å². The van der Waals surface area contributed by atoms with E-state index < -0.39 is 0 Å². The van der Waals surface area contributed by atoms with Gasteiger partial charge in [0.15, 0.2) is 0 Å². The third-order valence-electron chi connectivity index (χ3n) is 3.33. The fraction of sp³-hybridized carbons (Fsp3) is 0.316. The maximum atomic E-state index is 13.2. The Bertz CT molecular complexity index is 716. The van der Waals surface area contributed by atoms with Gasteiger partial charge in [-0.2, -0.15) is 0 Å². The van der Waals surface area contributed by atoms with Crippen LogP contribution in [0.4, 0.5) is 14.9 Å². The molecule has 0 atom stereocenters. The fourth-order valence-corrected chi connectivity index (χ4v) is 2.75. The first-order chi connectivity index (χ1) is 12.5. The average molecular weight is 446 g/mol. The highest BCUT2D eigenvalue weighted by Crippen LogP contribution is 2.29. The number of carbonyl (C=O) groups is 1. The van der Waals surface area contributed by atoms with Crippen molar-refractivity contribution in [3.8, 4) is 5.75 Å². The first-order valence-corrected chi connectivity index (χ1v) is 9.57. The summed E-state index contributed by atoms with van der Waals surface area (Å²) in [6, 6.07) is 11.1. The van der Waals surface area contributed by atoms with Crippen LogP contribution in [-0.2, 0) is 6.54 Å². The molecule has 4 nitrogen and oxygen atoms in total. The Morgan fingerprint density at radius 1 is 1.27 bits per heavy atom. The quantitative estimate of drug-likeness (QED) is 0.590. The van der Waals surface area contributed by atoms with E-state index in [4.69, 9.17) is 16.3 Å².